The van der Waals surface area contributed by atoms with E-state index >= 15 is 0 Å². The molecule has 66 heavy (non-hydrogen) atoms. The number of anilines is 1. The highest BCUT2D eigenvalue weighted by Crippen LogP contribution is 2.38. The Bertz CT molecular complexity index is 2980. The van der Waals surface area contributed by atoms with Gasteiger partial charge >= 0.3 is 18.3 Å². The van der Waals surface area contributed by atoms with Gasteiger partial charge in [0.05, 0.1) is 33.5 Å². The topological polar surface area (TPSA) is 136 Å². The number of rotatable bonds is 11. The maximum Gasteiger partial charge on any atom is 0.416 e. The summed E-state index contributed by atoms with van der Waals surface area (Å²) in [5.41, 5.74) is 1.49. The zero-order chi connectivity index (χ0) is 47.9. The van der Waals surface area contributed by atoms with Crippen molar-refractivity contribution in [2.75, 3.05) is 18.5 Å². The number of carboxylic acids is 1. The van der Waals surface area contributed by atoms with Gasteiger partial charge in [-0.15, -0.1) is 12.8 Å². The van der Waals surface area contributed by atoms with Crippen molar-refractivity contribution in [1.82, 2.24) is 19.9 Å². The van der Waals surface area contributed by atoms with Crippen LogP contribution in [0, 0.1) is 24.7 Å². The number of benzene rings is 5. The molecule has 0 fully saturated rings. The van der Waals surface area contributed by atoms with Gasteiger partial charge in [-0.1, -0.05) is 88.1 Å². The van der Waals surface area contributed by atoms with Gasteiger partial charge in [-0.05, 0) is 77.6 Å². The number of carbonyl (C=O) groups is 2. The summed E-state index contributed by atoms with van der Waals surface area (Å²) in [6.45, 7) is 8.43. The van der Waals surface area contributed by atoms with Crippen LogP contribution in [0.4, 0.5) is 32.0 Å². The lowest BCUT2D eigenvalue weighted by Gasteiger charge is -2.15. The maximum atomic E-state index is 13.3. The van der Waals surface area contributed by atoms with Gasteiger partial charge in [-0.3, -0.25) is 4.79 Å². The molecule has 5 aromatic carbocycles. The van der Waals surface area contributed by atoms with E-state index in [1.165, 1.54) is 11.6 Å². The summed E-state index contributed by atoms with van der Waals surface area (Å²) in [6.07, 6.45) is 0.349. The minimum absolute atomic E-state index is 0.00216. The summed E-state index contributed by atoms with van der Waals surface area (Å²) >= 11 is 0. The first-order valence-electron chi connectivity index (χ1n) is 20.1. The number of nitrogens with one attached hydrogen (secondary N) is 1. The number of carboxylic acid groups (broad SMARTS) is 1. The summed E-state index contributed by atoms with van der Waals surface area (Å²) in [5.74, 6) is 3.46. The van der Waals surface area contributed by atoms with E-state index in [-0.39, 0.29) is 36.5 Å². The van der Waals surface area contributed by atoms with E-state index in [1.54, 1.807) is 42.5 Å². The molecule has 0 unspecified atom stereocenters. The number of fused-ring (bicyclic) bond motifs is 2. The number of ether oxygens (including phenoxy) is 2. The van der Waals surface area contributed by atoms with Gasteiger partial charge in [0.15, 0.2) is 0 Å². The smallest absolute Gasteiger partial charge is 0.416 e. The van der Waals surface area contributed by atoms with Crippen LogP contribution in [-0.4, -0.2) is 50.1 Å². The molecule has 0 aliphatic heterocycles. The Balaban J connectivity index is 0.000000239. The van der Waals surface area contributed by atoms with Crippen molar-refractivity contribution in [1.29, 1.82) is 0 Å². The molecule has 2 heterocycles. The number of aromatic carboxylic acids is 1. The molecule has 0 bridgehead atoms. The van der Waals surface area contributed by atoms with Crippen LogP contribution < -0.4 is 14.8 Å². The molecular formula is C50H39F6N5O5. The standard InChI is InChI=1S/C29H21F6N3O2.C21H18N2O3/c1-4-11-40-22-9-10-24-23(15-22)25(18-7-5-17(6-8-18)16(2)3)38-26(37-24)27(39)36-21-13-19(28(30,31)32)12-20(14-21)29(33,34)35;1-4-11-26-16-9-10-18-17(12-16)19(23-20(22-18)21(24)25)15-7-5-14(6-8-15)13(2)3/h1,5-10,12-16H,11H2,2-3H3,(H,36,39);1,5-10,12-13H,11H2,2-3H3,(H,24,25). The van der Waals surface area contributed by atoms with Gasteiger partial charge in [0.1, 0.15) is 24.7 Å². The molecule has 0 spiro atoms. The predicted molar refractivity (Wildman–Crippen MR) is 238 cm³/mol. The van der Waals surface area contributed by atoms with E-state index in [2.05, 4.69) is 50.9 Å². The number of hydrogen-bond acceptors (Lipinski definition) is 8. The first-order chi connectivity index (χ1) is 31.2. The molecule has 0 saturated heterocycles. The van der Waals surface area contributed by atoms with E-state index in [0.717, 1.165) is 11.1 Å². The molecule has 2 aromatic heterocycles. The molecule has 7 rings (SSSR count). The van der Waals surface area contributed by atoms with Crippen molar-refractivity contribution in [2.45, 2.75) is 51.9 Å². The number of aromatic nitrogens is 4. The largest absolute Gasteiger partial charge is 0.481 e. The number of hydrogen-bond donors (Lipinski definition) is 2. The van der Waals surface area contributed by atoms with Gasteiger partial charge in [0.25, 0.3) is 5.91 Å². The quantitative estimate of drug-likeness (QED) is 0.0960. The third kappa shape index (κ3) is 11.4. The van der Waals surface area contributed by atoms with Gasteiger partial charge in [-0.25, -0.2) is 24.7 Å². The van der Waals surface area contributed by atoms with Crippen molar-refractivity contribution >= 4 is 39.4 Å². The molecule has 1 amide bonds. The normalized spacial score (nSPS) is 11.4. The minimum Gasteiger partial charge on any atom is -0.481 e. The van der Waals surface area contributed by atoms with Gasteiger partial charge in [0.2, 0.25) is 11.6 Å². The monoisotopic (exact) mass is 903 g/mol. The van der Waals surface area contributed by atoms with Crippen LogP contribution in [0.25, 0.3) is 44.3 Å². The Kier molecular flexibility index (Phi) is 14.3. The average Bonchev–Trinajstić information content (AvgIpc) is 3.28. The fraction of sp³-hybridized carbons (Fsp3) is 0.200. The fourth-order valence-corrected chi connectivity index (χ4v) is 6.55. The van der Waals surface area contributed by atoms with Gasteiger partial charge in [0, 0.05) is 27.6 Å². The third-order valence-electron chi connectivity index (χ3n) is 9.92. The Morgan fingerprint density at radius 3 is 1.39 bits per heavy atom. The second-order valence-electron chi connectivity index (χ2n) is 15.2. The summed E-state index contributed by atoms with van der Waals surface area (Å²) < 4.78 is 90.6. The van der Waals surface area contributed by atoms with E-state index in [1.807, 2.05) is 50.2 Å². The molecule has 0 radical (unpaired) electrons. The van der Waals surface area contributed by atoms with Gasteiger partial charge in [-0.2, -0.15) is 26.3 Å². The number of nitrogens with zero attached hydrogens (tertiary/aromatic N) is 4. The maximum absolute atomic E-state index is 13.3. The van der Waals surface area contributed by atoms with Crippen LogP contribution in [0.15, 0.2) is 103 Å². The number of terminal acetylenes is 2. The number of halogens is 6. The molecule has 7 aromatic rings. The highest BCUT2D eigenvalue weighted by Gasteiger charge is 2.37. The van der Waals surface area contributed by atoms with Crippen molar-refractivity contribution in [3.63, 3.8) is 0 Å². The average molecular weight is 904 g/mol. The van der Waals surface area contributed by atoms with Crippen LogP contribution in [-0.2, 0) is 12.4 Å². The van der Waals surface area contributed by atoms with Gasteiger partial charge < -0.3 is 19.9 Å². The fourth-order valence-electron chi connectivity index (χ4n) is 6.55. The SMILES string of the molecule is C#CCOc1ccc2nc(C(=O)Nc3cc(C(F)(F)F)cc(C(F)(F)F)c3)nc(-c3ccc(C(C)C)cc3)c2c1.C#CCOc1ccc2nc(C(=O)O)nc(-c3ccc(C(C)C)cc3)c2c1. The molecule has 0 aliphatic rings. The number of amides is 1. The lowest BCUT2D eigenvalue weighted by Crippen LogP contribution is -2.18. The molecule has 10 nitrogen and oxygen atoms in total. The van der Waals surface area contributed by atoms with Crippen molar-refractivity contribution < 1.29 is 50.5 Å². The van der Waals surface area contributed by atoms with Crippen molar-refractivity contribution in [3.05, 3.63) is 137 Å². The Morgan fingerprint density at radius 1 is 0.606 bits per heavy atom. The lowest BCUT2D eigenvalue weighted by atomic mass is 9.99. The van der Waals surface area contributed by atoms with Crippen LogP contribution in [0.3, 0.4) is 0 Å². The predicted octanol–water partition coefficient (Wildman–Crippen LogP) is 11.9. The second-order valence-corrected chi connectivity index (χ2v) is 15.2. The second kappa shape index (κ2) is 19.8. The Morgan fingerprint density at radius 2 is 1.02 bits per heavy atom. The minimum atomic E-state index is -5.07. The number of carbonyl (C=O) groups excluding carboxylic acids is 1. The molecule has 2 N–H and O–H groups in total. The highest BCUT2D eigenvalue weighted by molar-refractivity contribution is 6.04. The van der Waals surface area contributed by atoms with Crippen molar-refractivity contribution in [2.24, 2.45) is 0 Å². The van der Waals surface area contributed by atoms with Crippen LogP contribution in [0.2, 0.25) is 0 Å². The summed E-state index contributed by atoms with van der Waals surface area (Å²) in [7, 11) is 0. The number of alkyl halides is 6. The first-order valence-corrected chi connectivity index (χ1v) is 20.1. The molecular weight excluding hydrogens is 865 g/mol. The summed E-state index contributed by atoms with van der Waals surface area (Å²) in [5, 5.41) is 12.6. The van der Waals surface area contributed by atoms with Crippen LogP contribution in [0.5, 0.6) is 11.5 Å². The molecule has 16 heteroatoms. The van der Waals surface area contributed by atoms with Crippen LogP contribution in [0.1, 0.15) is 83.0 Å². The van der Waals surface area contributed by atoms with E-state index in [9.17, 15) is 41.0 Å². The van der Waals surface area contributed by atoms with Crippen LogP contribution >= 0.6 is 0 Å². The lowest BCUT2D eigenvalue weighted by molar-refractivity contribution is -0.143. The zero-order valence-electron chi connectivity index (χ0n) is 35.7. The van der Waals surface area contributed by atoms with E-state index in [0.29, 0.717) is 62.8 Å². The third-order valence-corrected chi connectivity index (χ3v) is 9.92. The molecule has 336 valence electrons. The first kappa shape index (κ1) is 47.5. The Hall–Kier alpha value is -7.98. The Labute approximate surface area is 375 Å². The van der Waals surface area contributed by atoms with E-state index < -0.39 is 46.9 Å². The molecule has 0 aliphatic carbocycles. The van der Waals surface area contributed by atoms with Crippen molar-refractivity contribution in [3.8, 4) is 58.7 Å². The zero-order valence-corrected chi connectivity index (χ0v) is 35.7. The molecule has 0 saturated carbocycles. The van der Waals surface area contributed by atoms with E-state index in [4.69, 9.17) is 22.3 Å². The molecule has 0 atom stereocenters. The summed E-state index contributed by atoms with van der Waals surface area (Å²) in [4.78, 5) is 41.4. The summed E-state index contributed by atoms with van der Waals surface area (Å²) in [6, 6.07) is 26.0. The highest BCUT2D eigenvalue weighted by atomic mass is 19.4.